The van der Waals surface area contributed by atoms with Crippen LogP contribution >= 0.6 is 12.4 Å². The Labute approximate surface area is 132 Å². The van der Waals surface area contributed by atoms with Crippen molar-refractivity contribution >= 4 is 24.4 Å². The lowest BCUT2D eigenvalue weighted by molar-refractivity contribution is -0.122. The zero-order chi connectivity index (χ0) is 14.2. The van der Waals surface area contributed by atoms with E-state index in [4.69, 9.17) is 4.74 Å². The summed E-state index contributed by atoms with van der Waals surface area (Å²) in [5, 5.41) is 6.23. The second-order valence-corrected chi connectivity index (χ2v) is 4.96. The van der Waals surface area contributed by atoms with Crippen LogP contribution in [0.3, 0.4) is 0 Å². The number of nitrogens with one attached hydrogen (secondary N) is 2. The maximum absolute atomic E-state index is 11.8. The summed E-state index contributed by atoms with van der Waals surface area (Å²) in [7, 11) is 1.68. The zero-order valence-corrected chi connectivity index (χ0v) is 13.1. The largest absolute Gasteiger partial charge is 0.378 e. The van der Waals surface area contributed by atoms with E-state index in [0.29, 0.717) is 6.42 Å². The van der Waals surface area contributed by atoms with Crippen molar-refractivity contribution in [1.29, 1.82) is 0 Å². The molecule has 1 unspecified atom stereocenters. The summed E-state index contributed by atoms with van der Waals surface area (Å²) in [6.07, 6.45) is 5.42. The van der Waals surface area contributed by atoms with Crippen molar-refractivity contribution in [3.8, 4) is 0 Å². The highest BCUT2D eigenvalue weighted by atomic mass is 35.5. The maximum Gasteiger partial charge on any atom is 0.220 e. The van der Waals surface area contributed by atoms with Crippen LogP contribution in [-0.2, 0) is 9.53 Å². The molecular weight excluding hydrogens is 288 g/mol. The minimum absolute atomic E-state index is 0. The summed E-state index contributed by atoms with van der Waals surface area (Å²) in [5.41, 5.74) is 1.16. The number of allylic oxidation sites excluding steroid dienone is 1. The van der Waals surface area contributed by atoms with E-state index in [1.807, 2.05) is 42.5 Å². The Hall–Kier alpha value is -1.36. The van der Waals surface area contributed by atoms with Crippen molar-refractivity contribution in [3.05, 3.63) is 42.0 Å². The van der Waals surface area contributed by atoms with Crippen molar-refractivity contribution in [2.75, 3.05) is 20.2 Å². The molecule has 116 valence electrons. The smallest absolute Gasteiger partial charge is 0.220 e. The van der Waals surface area contributed by atoms with Crippen LogP contribution in [0.2, 0.25) is 0 Å². The number of methoxy groups -OCH3 is 1. The summed E-state index contributed by atoms with van der Waals surface area (Å²) in [5.74, 6) is 0.0819. The van der Waals surface area contributed by atoms with Gasteiger partial charge in [0.1, 0.15) is 0 Å². The third-order valence-corrected chi connectivity index (χ3v) is 3.46. The van der Waals surface area contributed by atoms with Crippen LogP contribution in [0.4, 0.5) is 0 Å². The highest BCUT2D eigenvalue weighted by molar-refractivity contribution is 5.85. The quantitative estimate of drug-likeness (QED) is 0.845. The van der Waals surface area contributed by atoms with Gasteiger partial charge in [0.15, 0.2) is 0 Å². The fraction of sp³-hybridized carbons (Fsp3) is 0.438. The summed E-state index contributed by atoms with van der Waals surface area (Å²) < 4.78 is 5.32. The van der Waals surface area contributed by atoms with E-state index in [1.54, 1.807) is 7.11 Å². The minimum atomic E-state index is 0. The highest BCUT2D eigenvalue weighted by Crippen LogP contribution is 2.06. The molecule has 0 spiro atoms. The van der Waals surface area contributed by atoms with Gasteiger partial charge in [0.2, 0.25) is 5.91 Å². The molecule has 1 amide bonds. The number of halogens is 1. The van der Waals surface area contributed by atoms with E-state index in [9.17, 15) is 4.79 Å². The summed E-state index contributed by atoms with van der Waals surface area (Å²) >= 11 is 0. The Bertz CT molecular complexity index is 451. The number of carbonyl (C=O) groups excluding carboxylic acids is 1. The van der Waals surface area contributed by atoms with Gasteiger partial charge >= 0.3 is 0 Å². The minimum Gasteiger partial charge on any atom is -0.378 e. The normalized spacial score (nSPS) is 21.2. The lowest BCUT2D eigenvalue weighted by Crippen LogP contribution is -2.43. The molecule has 1 aliphatic rings. The number of amides is 1. The molecule has 0 saturated carbocycles. The third kappa shape index (κ3) is 5.87. The van der Waals surface area contributed by atoms with E-state index in [1.165, 1.54) is 0 Å². The molecule has 1 aliphatic heterocycles. The zero-order valence-electron chi connectivity index (χ0n) is 12.2. The van der Waals surface area contributed by atoms with E-state index in [0.717, 1.165) is 25.1 Å². The molecule has 4 nitrogen and oxygen atoms in total. The first-order valence-corrected chi connectivity index (χ1v) is 7.04. The predicted octanol–water partition coefficient (Wildman–Crippen LogP) is 2.00. The van der Waals surface area contributed by atoms with Crippen molar-refractivity contribution < 1.29 is 9.53 Å². The molecule has 0 aliphatic carbocycles. The Morgan fingerprint density at radius 1 is 1.38 bits per heavy atom. The van der Waals surface area contributed by atoms with Crippen LogP contribution in [0.5, 0.6) is 0 Å². The lowest BCUT2D eigenvalue weighted by atomic mass is 10.1. The average molecular weight is 311 g/mol. The molecule has 2 rings (SSSR count). The van der Waals surface area contributed by atoms with Crippen LogP contribution in [0, 0.1) is 0 Å². The molecule has 1 aromatic carbocycles. The van der Waals surface area contributed by atoms with Crippen molar-refractivity contribution in [2.24, 2.45) is 0 Å². The summed E-state index contributed by atoms with van der Waals surface area (Å²) in [4.78, 5) is 11.8. The Balaban J connectivity index is 0.00000220. The number of benzene rings is 1. The molecule has 1 fully saturated rings. The summed E-state index contributed by atoms with van der Waals surface area (Å²) in [6, 6.07) is 10.2. The molecule has 2 atom stereocenters. The van der Waals surface area contributed by atoms with E-state index >= 15 is 0 Å². The second-order valence-electron chi connectivity index (χ2n) is 4.96. The van der Waals surface area contributed by atoms with Crippen molar-refractivity contribution in [2.45, 2.75) is 25.0 Å². The van der Waals surface area contributed by atoms with Gasteiger partial charge < -0.3 is 15.4 Å². The van der Waals surface area contributed by atoms with Gasteiger partial charge in [-0.2, -0.15) is 0 Å². The van der Waals surface area contributed by atoms with Gasteiger partial charge in [0.05, 0.1) is 12.1 Å². The van der Waals surface area contributed by atoms with Gasteiger partial charge in [0.25, 0.3) is 0 Å². The second kappa shape index (κ2) is 9.55. The van der Waals surface area contributed by atoms with Gasteiger partial charge in [-0.15, -0.1) is 12.4 Å². The van der Waals surface area contributed by atoms with Crippen LogP contribution in [-0.4, -0.2) is 38.3 Å². The molecule has 21 heavy (non-hydrogen) atoms. The first-order valence-electron chi connectivity index (χ1n) is 7.04. The Kier molecular flexibility index (Phi) is 8.05. The lowest BCUT2D eigenvalue weighted by Gasteiger charge is -2.18. The molecule has 5 heteroatoms. The third-order valence-electron chi connectivity index (χ3n) is 3.46. The maximum atomic E-state index is 11.8. The van der Waals surface area contributed by atoms with Crippen LogP contribution in [0.15, 0.2) is 36.4 Å². The van der Waals surface area contributed by atoms with E-state index < -0.39 is 0 Å². The van der Waals surface area contributed by atoms with Crippen LogP contribution in [0.25, 0.3) is 6.08 Å². The SMILES string of the molecule is CO[C@H]1CNCC1NC(=O)CC/C=C/c1ccccc1.Cl. The fourth-order valence-electron chi connectivity index (χ4n) is 2.32. The topological polar surface area (TPSA) is 50.4 Å². The highest BCUT2D eigenvalue weighted by Gasteiger charge is 2.27. The molecule has 1 heterocycles. The monoisotopic (exact) mass is 310 g/mol. The van der Waals surface area contributed by atoms with E-state index in [-0.39, 0.29) is 30.5 Å². The van der Waals surface area contributed by atoms with Gasteiger partial charge in [-0.1, -0.05) is 42.5 Å². The molecule has 2 N–H and O–H groups in total. The molecule has 0 aromatic heterocycles. The molecular formula is C16H23ClN2O2. The first kappa shape index (κ1) is 17.7. The fourth-order valence-corrected chi connectivity index (χ4v) is 2.32. The summed E-state index contributed by atoms with van der Waals surface area (Å²) in [6.45, 7) is 1.58. The van der Waals surface area contributed by atoms with Gasteiger partial charge in [-0.05, 0) is 12.0 Å². The Morgan fingerprint density at radius 2 is 2.14 bits per heavy atom. The Morgan fingerprint density at radius 3 is 2.86 bits per heavy atom. The van der Waals surface area contributed by atoms with Gasteiger partial charge in [-0.25, -0.2) is 0 Å². The van der Waals surface area contributed by atoms with Crippen LogP contribution < -0.4 is 10.6 Å². The number of carbonyl (C=O) groups is 1. The van der Waals surface area contributed by atoms with Gasteiger partial charge in [-0.3, -0.25) is 4.79 Å². The number of hydrogen-bond donors (Lipinski definition) is 2. The molecule has 0 radical (unpaired) electrons. The van der Waals surface area contributed by atoms with Gasteiger partial charge in [0, 0.05) is 26.6 Å². The van der Waals surface area contributed by atoms with Crippen LogP contribution in [0.1, 0.15) is 18.4 Å². The standard InChI is InChI=1S/C16H22N2O2.ClH/c1-20-15-12-17-11-14(15)18-16(19)10-6-5-9-13-7-3-2-4-8-13;/h2-5,7-9,14-15,17H,6,10-12H2,1H3,(H,18,19);1H/b9-5+;/t14?,15-;/m0./s1. The first-order chi connectivity index (χ1) is 9.79. The van der Waals surface area contributed by atoms with Crippen molar-refractivity contribution in [3.63, 3.8) is 0 Å². The average Bonchev–Trinajstić information content (AvgIpc) is 2.92. The van der Waals surface area contributed by atoms with E-state index in [2.05, 4.69) is 10.6 Å². The molecule has 0 bridgehead atoms. The number of hydrogen-bond acceptors (Lipinski definition) is 3. The molecule has 1 aromatic rings. The predicted molar refractivity (Wildman–Crippen MR) is 87.6 cm³/mol. The number of rotatable bonds is 6. The number of ether oxygens (including phenoxy) is 1. The van der Waals surface area contributed by atoms with Crippen molar-refractivity contribution in [1.82, 2.24) is 10.6 Å². The molecule has 1 saturated heterocycles.